The van der Waals surface area contributed by atoms with Gasteiger partial charge in [-0.1, -0.05) is 27.7 Å². The Morgan fingerprint density at radius 2 is 1.81 bits per heavy atom. The number of phenols is 1. The first kappa shape index (κ1) is 36.6. The van der Waals surface area contributed by atoms with Gasteiger partial charge in [0.05, 0.1) is 41.5 Å². The van der Waals surface area contributed by atoms with Crippen molar-refractivity contribution in [1.82, 2.24) is 0 Å². The molecular formula is C42H59NO9. The standard InChI is InChI=1S/C42H59NO9/c1-23(2)24(3)35-36(52-35)37(4,50)30-10-13-42(51)31-20-32(47)41(22-44)21-29(46)34(49)28-9-12-39(31,38(28,41)5)14-15-40(30,42)11-8-25-17-26(19-27(45)18-25)43-16-6-7-33(43)48/h17-20,23-24,28-30,34-36,44-46,49-51H,6-16,21-22H2,1-5H3/t24-,28-,29-,30-,34+,35+,36-,37-,38-,39+,40-,41-,42-/m1/s1. The summed E-state index contributed by atoms with van der Waals surface area (Å²) in [7, 11) is 0. The maximum Gasteiger partial charge on any atom is 0.227 e. The van der Waals surface area contributed by atoms with E-state index in [1.165, 1.54) is 0 Å². The first-order valence-corrected chi connectivity index (χ1v) is 19.9. The Labute approximate surface area is 307 Å². The molecule has 286 valence electrons. The molecule has 2 saturated heterocycles. The Bertz CT molecular complexity index is 1690. The number of aromatic hydroxyl groups is 1. The average molecular weight is 722 g/mol. The first-order valence-electron chi connectivity index (χ1n) is 19.9. The smallest absolute Gasteiger partial charge is 0.227 e. The Morgan fingerprint density at radius 1 is 1.06 bits per heavy atom. The zero-order valence-electron chi connectivity index (χ0n) is 31.5. The normalized spacial score (nSPS) is 45.4. The zero-order valence-corrected chi connectivity index (χ0v) is 31.5. The molecule has 0 bridgehead atoms. The summed E-state index contributed by atoms with van der Waals surface area (Å²) >= 11 is 0. The van der Waals surface area contributed by atoms with E-state index in [1.54, 1.807) is 23.1 Å². The summed E-state index contributed by atoms with van der Waals surface area (Å²) in [5, 5.41) is 70.6. The third-order valence-corrected chi connectivity index (χ3v) is 16.8. The summed E-state index contributed by atoms with van der Waals surface area (Å²) in [6.45, 7) is 10.5. The number of hydrogen-bond donors (Lipinski definition) is 6. The van der Waals surface area contributed by atoms with Crippen LogP contribution < -0.4 is 4.90 Å². The molecule has 1 amide bonds. The number of hydrogen-bond acceptors (Lipinski definition) is 9. The van der Waals surface area contributed by atoms with Crippen molar-refractivity contribution in [2.75, 3.05) is 18.1 Å². The lowest BCUT2D eigenvalue weighted by Crippen LogP contribution is -2.71. The quantitative estimate of drug-likeness (QED) is 0.205. The van der Waals surface area contributed by atoms with Crippen LogP contribution in [0, 0.1) is 45.3 Å². The number of aryl methyl sites for hydroxylation is 1. The van der Waals surface area contributed by atoms with Crippen molar-refractivity contribution in [3.63, 3.8) is 0 Å². The van der Waals surface area contributed by atoms with Crippen LogP contribution in [-0.4, -0.2) is 91.1 Å². The maximum atomic E-state index is 14.6. The molecule has 7 aliphatic rings. The number of benzene rings is 1. The number of phenolic OH excluding ortho intramolecular Hbond substituents is 1. The van der Waals surface area contributed by atoms with Crippen LogP contribution in [0.15, 0.2) is 29.8 Å². The minimum absolute atomic E-state index is 0.0279. The van der Waals surface area contributed by atoms with Gasteiger partial charge in [-0.15, -0.1) is 0 Å². The van der Waals surface area contributed by atoms with Crippen molar-refractivity contribution >= 4 is 17.4 Å². The van der Waals surface area contributed by atoms with Gasteiger partial charge in [-0.3, -0.25) is 9.59 Å². The molecule has 52 heavy (non-hydrogen) atoms. The molecule has 1 aromatic rings. The lowest BCUT2D eigenvalue weighted by molar-refractivity contribution is -0.225. The number of epoxide rings is 1. The molecule has 5 aliphatic carbocycles. The largest absolute Gasteiger partial charge is 0.508 e. The molecule has 10 nitrogen and oxygen atoms in total. The van der Waals surface area contributed by atoms with E-state index in [2.05, 4.69) is 20.8 Å². The van der Waals surface area contributed by atoms with Crippen molar-refractivity contribution in [2.24, 2.45) is 45.3 Å². The molecule has 0 radical (unpaired) electrons. The number of amides is 1. The second kappa shape index (κ2) is 11.8. The summed E-state index contributed by atoms with van der Waals surface area (Å²) in [5.41, 5.74) is -4.32. The van der Waals surface area contributed by atoms with Gasteiger partial charge in [-0.05, 0) is 130 Å². The molecule has 8 rings (SSSR count). The van der Waals surface area contributed by atoms with E-state index < -0.39 is 63.7 Å². The van der Waals surface area contributed by atoms with Crippen LogP contribution in [0.3, 0.4) is 0 Å². The van der Waals surface area contributed by atoms with Crippen molar-refractivity contribution in [3.05, 3.63) is 35.4 Å². The van der Waals surface area contributed by atoms with E-state index >= 15 is 0 Å². The highest BCUT2D eigenvalue weighted by Gasteiger charge is 2.81. The summed E-state index contributed by atoms with van der Waals surface area (Å²) in [4.78, 5) is 28.9. The third-order valence-electron chi connectivity index (χ3n) is 16.8. The van der Waals surface area contributed by atoms with Crippen LogP contribution in [0.1, 0.15) is 104 Å². The van der Waals surface area contributed by atoms with Gasteiger partial charge in [0, 0.05) is 35.5 Å². The van der Waals surface area contributed by atoms with Gasteiger partial charge in [0.2, 0.25) is 5.91 Å². The van der Waals surface area contributed by atoms with E-state index in [0.717, 1.165) is 12.0 Å². The van der Waals surface area contributed by atoms with Crippen molar-refractivity contribution < 1.29 is 45.0 Å². The highest BCUT2D eigenvalue weighted by molar-refractivity contribution is 5.99. The Hall–Kier alpha value is -2.34. The van der Waals surface area contributed by atoms with E-state index in [-0.39, 0.29) is 41.8 Å². The zero-order chi connectivity index (χ0) is 37.4. The third kappa shape index (κ3) is 4.51. The van der Waals surface area contributed by atoms with E-state index in [9.17, 15) is 40.2 Å². The number of allylic oxidation sites excluding steroid dienone is 1. The maximum absolute atomic E-state index is 14.6. The molecule has 10 heteroatoms. The van der Waals surface area contributed by atoms with Gasteiger partial charge in [0.25, 0.3) is 0 Å². The second-order valence-electron chi connectivity index (χ2n) is 18.8. The van der Waals surface area contributed by atoms with Crippen molar-refractivity contribution in [2.45, 2.75) is 141 Å². The van der Waals surface area contributed by atoms with Gasteiger partial charge in [0.15, 0.2) is 5.78 Å². The highest BCUT2D eigenvalue weighted by atomic mass is 16.6. The summed E-state index contributed by atoms with van der Waals surface area (Å²) in [6.07, 6.45) is 4.29. The van der Waals surface area contributed by atoms with Gasteiger partial charge in [-0.25, -0.2) is 0 Å². The monoisotopic (exact) mass is 721 g/mol. The minimum Gasteiger partial charge on any atom is -0.508 e. The Morgan fingerprint density at radius 3 is 2.48 bits per heavy atom. The SMILES string of the molecule is CC(C)[C@@H](C)[C@@H]1O[C@H]1[C@](C)(O)[C@H]1CC[C@@]2(O)C3=CC(=O)[C@]4(CO)C[C@@H](O)[C@@H](O)[C@H]5CC[C@@]3(CC[C@]12CCc1cc(O)cc(N2CCCC2=O)c1)[C@@]54C. The molecule has 4 saturated carbocycles. The lowest BCUT2D eigenvalue weighted by atomic mass is 9.35. The second-order valence-corrected chi connectivity index (χ2v) is 18.8. The molecule has 2 aliphatic heterocycles. The van der Waals surface area contributed by atoms with Crippen LogP contribution >= 0.6 is 0 Å². The Balaban J connectivity index is 1.23. The molecular weight excluding hydrogens is 662 g/mol. The predicted molar refractivity (Wildman–Crippen MR) is 193 cm³/mol. The summed E-state index contributed by atoms with van der Waals surface area (Å²) in [6, 6.07) is 5.28. The van der Waals surface area contributed by atoms with Crippen LogP contribution in [0.4, 0.5) is 5.69 Å². The molecule has 2 heterocycles. The highest BCUT2D eigenvalue weighted by Crippen LogP contribution is 2.81. The molecule has 13 atom stereocenters. The van der Waals surface area contributed by atoms with Gasteiger partial charge >= 0.3 is 0 Å². The van der Waals surface area contributed by atoms with Crippen molar-refractivity contribution in [3.8, 4) is 5.75 Å². The van der Waals surface area contributed by atoms with E-state index in [0.29, 0.717) is 81.5 Å². The van der Waals surface area contributed by atoms with Gasteiger partial charge in [-0.2, -0.15) is 0 Å². The summed E-state index contributed by atoms with van der Waals surface area (Å²) < 4.78 is 6.29. The minimum atomic E-state index is -1.48. The number of nitrogens with zero attached hydrogens (tertiary/aromatic N) is 1. The van der Waals surface area contributed by atoms with Crippen LogP contribution in [-0.2, 0) is 20.7 Å². The average Bonchev–Trinajstić information content (AvgIpc) is 3.57. The fourth-order valence-electron chi connectivity index (χ4n) is 13.7. The number of ketones is 1. The van der Waals surface area contributed by atoms with Crippen molar-refractivity contribution in [1.29, 1.82) is 0 Å². The lowest BCUT2D eigenvalue weighted by Gasteiger charge is -2.69. The molecule has 0 aromatic heterocycles. The van der Waals surface area contributed by atoms with Gasteiger partial charge < -0.3 is 40.3 Å². The number of carbonyl (C=O) groups is 2. The number of aliphatic hydroxyl groups excluding tert-OH is 3. The molecule has 6 N–H and O–H groups in total. The van der Waals surface area contributed by atoms with Crippen LogP contribution in [0.5, 0.6) is 5.75 Å². The van der Waals surface area contributed by atoms with Gasteiger partial charge in [0.1, 0.15) is 11.9 Å². The number of fused-ring (bicyclic) bond motifs is 2. The first-order chi connectivity index (χ1) is 24.4. The van der Waals surface area contributed by atoms with E-state index in [1.807, 2.05) is 19.9 Å². The molecule has 6 fully saturated rings. The molecule has 1 aromatic carbocycles. The topological polar surface area (TPSA) is 171 Å². The fraction of sp³-hybridized carbons (Fsp3) is 0.762. The predicted octanol–water partition coefficient (Wildman–Crippen LogP) is 4.20. The van der Waals surface area contributed by atoms with E-state index in [4.69, 9.17) is 4.74 Å². The Kier molecular flexibility index (Phi) is 8.33. The number of rotatable bonds is 9. The van der Waals surface area contributed by atoms with Crippen LogP contribution in [0.25, 0.3) is 0 Å². The fourth-order valence-corrected chi connectivity index (χ4v) is 13.7. The summed E-state index contributed by atoms with van der Waals surface area (Å²) in [5.74, 6) is -0.413. The van der Waals surface area contributed by atoms with Crippen LogP contribution in [0.2, 0.25) is 0 Å². The molecule has 0 unspecified atom stereocenters. The number of carbonyl (C=O) groups excluding carboxylic acids is 2. The number of ether oxygens (including phenoxy) is 1. The molecule has 1 spiro atoms. The number of anilines is 1. The number of aliphatic hydroxyl groups is 5.